The van der Waals surface area contributed by atoms with Crippen LogP contribution in [0.4, 0.5) is 5.69 Å². The first-order valence-corrected chi connectivity index (χ1v) is 12.5. The quantitative estimate of drug-likeness (QED) is 0.287. The molecule has 0 saturated heterocycles. The van der Waals surface area contributed by atoms with Crippen LogP contribution in [0.3, 0.4) is 0 Å². The maximum absolute atomic E-state index is 13.3. The Hall–Kier alpha value is -4.08. The van der Waals surface area contributed by atoms with Crippen molar-refractivity contribution in [3.63, 3.8) is 0 Å². The number of hydrogen-bond acceptors (Lipinski definition) is 5. The number of ether oxygens (including phenoxy) is 1. The van der Waals surface area contributed by atoms with Crippen molar-refractivity contribution in [2.45, 2.75) is 27.0 Å². The first-order chi connectivity index (χ1) is 18.2. The lowest BCUT2D eigenvalue weighted by molar-refractivity contribution is -0.116. The molecule has 194 valence electrons. The van der Waals surface area contributed by atoms with Crippen molar-refractivity contribution in [1.82, 2.24) is 24.3 Å². The zero-order valence-electron chi connectivity index (χ0n) is 20.9. The van der Waals surface area contributed by atoms with E-state index >= 15 is 0 Å². The number of fused-ring (bicyclic) bond motifs is 1. The highest BCUT2D eigenvalue weighted by molar-refractivity contribution is 6.37. The minimum Gasteiger partial charge on any atom is -0.482 e. The van der Waals surface area contributed by atoms with Gasteiger partial charge in [-0.15, -0.1) is 0 Å². The second-order valence-corrected chi connectivity index (χ2v) is 9.83. The minimum atomic E-state index is -0.310. The largest absolute Gasteiger partial charge is 0.482 e. The fourth-order valence-electron chi connectivity index (χ4n) is 4.35. The number of benzene rings is 3. The first-order valence-electron chi connectivity index (χ1n) is 11.7. The molecular formula is C27H24Cl2N6O3. The summed E-state index contributed by atoms with van der Waals surface area (Å²) in [6.45, 7) is 3.88. The third-order valence-electron chi connectivity index (χ3n) is 6.14. The second-order valence-electron chi connectivity index (χ2n) is 9.01. The summed E-state index contributed by atoms with van der Waals surface area (Å²) >= 11 is 13.1. The Morgan fingerprint density at radius 2 is 1.76 bits per heavy atom. The van der Waals surface area contributed by atoms with Crippen molar-refractivity contribution >= 4 is 45.8 Å². The summed E-state index contributed by atoms with van der Waals surface area (Å²) in [6, 6.07) is 14.8. The van der Waals surface area contributed by atoms with Crippen molar-refractivity contribution in [3.8, 4) is 16.9 Å². The highest BCUT2D eigenvalue weighted by atomic mass is 35.5. The maximum atomic E-state index is 13.3. The molecule has 3 aromatic carbocycles. The molecule has 2 N–H and O–H groups in total. The van der Waals surface area contributed by atoms with Crippen molar-refractivity contribution in [1.29, 1.82) is 0 Å². The predicted molar refractivity (Wildman–Crippen MR) is 148 cm³/mol. The van der Waals surface area contributed by atoms with E-state index in [0.29, 0.717) is 43.9 Å². The molecule has 0 aliphatic carbocycles. The molecule has 1 amide bonds. The SMILES string of the molecule is Cc1ccc(NC(=O)Cn2c(=O)n(C)c3c(-c4cc(Cl)c(OCc5ncn[nH]5)c(Cl)c4)cc(C)cc32)cc1. The number of aromatic amines is 1. The number of hydrogen-bond donors (Lipinski definition) is 2. The van der Waals surface area contributed by atoms with Crippen LogP contribution in [0.5, 0.6) is 5.75 Å². The molecule has 9 nitrogen and oxygen atoms in total. The van der Waals surface area contributed by atoms with E-state index in [9.17, 15) is 9.59 Å². The highest BCUT2D eigenvalue weighted by Crippen LogP contribution is 2.40. The van der Waals surface area contributed by atoms with Gasteiger partial charge in [0.2, 0.25) is 5.91 Å². The number of carbonyl (C=O) groups excluding carboxylic acids is 1. The van der Waals surface area contributed by atoms with E-state index in [1.165, 1.54) is 15.5 Å². The predicted octanol–water partition coefficient (Wildman–Crippen LogP) is 5.27. The van der Waals surface area contributed by atoms with Gasteiger partial charge in [-0.3, -0.25) is 19.0 Å². The van der Waals surface area contributed by atoms with E-state index in [1.807, 2.05) is 50.2 Å². The number of anilines is 1. The molecule has 0 aliphatic rings. The molecule has 5 aromatic rings. The Morgan fingerprint density at radius 3 is 2.42 bits per heavy atom. The lowest BCUT2D eigenvalue weighted by Gasteiger charge is -2.13. The molecule has 0 bridgehead atoms. The van der Waals surface area contributed by atoms with E-state index in [0.717, 1.165) is 16.7 Å². The number of halogens is 2. The number of amides is 1. The van der Waals surface area contributed by atoms with Crippen LogP contribution in [0.25, 0.3) is 22.2 Å². The fraction of sp³-hybridized carbons (Fsp3) is 0.185. The zero-order chi connectivity index (χ0) is 27.0. The molecule has 0 fully saturated rings. The molecule has 0 unspecified atom stereocenters. The minimum absolute atomic E-state index is 0.121. The monoisotopic (exact) mass is 550 g/mol. The van der Waals surface area contributed by atoms with Crippen LogP contribution >= 0.6 is 23.2 Å². The standard InChI is InChI=1S/C27H24Cl2N6O3/c1-15-4-6-18(7-5-15)32-24(36)12-35-22-9-16(2)8-19(25(22)34(3)27(35)37)17-10-20(28)26(21(29)11-17)38-13-23-30-14-31-33-23/h4-11,14H,12-13H2,1-3H3,(H,32,36)(H,30,31,33). The highest BCUT2D eigenvalue weighted by Gasteiger charge is 2.20. The van der Waals surface area contributed by atoms with Crippen LogP contribution in [0.15, 0.2) is 59.7 Å². The summed E-state index contributed by atoms with van der Waals surface area (Å²) in [4.78, 5) is 30.1. The average molecular weight is 551 g/mol. The van der Waals surface area contributed by atoms with Gasteiger partial charge in [-0.05, 0) is 61.4 Å². The lowest BCUT2D eigenvalue weighted by Crippen LogP contribution is -2.28. The summed E-state index contributed by atoms with van der Waals surface area (Å²) in [6.07, 6.45) is 1.39. The molecule has 2 aromatic heterocycles. The van der Waals surface area contributed by atoms with Gasteiger partial charge in [-0.2, -0.15) is 5.10 Å². The van der Waals surface area contributed by atoms with Crippen LogP contribution in [0.2, 0.25) is 10.0 Å². The van der Waals surface area contributed by atoms with Gasteiger partial charge in [-0.25, -0.2) is 9.78 Å². The van der Waals surface area contributed by atoms with Crippen LogP contribution in [-0.2, 0) is 25.0 Å². The second kappa shape index (κ2) is 10.4. The van der Waals surface area contributed by atoms with Gasteiger partial charge in [-0.1, -0.05) is 40.9 Å². The summed E-state index contributed by atoms with van der Waals surface area (Å²) in [7, 11) is 1.68. The Balaban J connectivity index is 1.51. The van der Waals surface area contributed by atoms with Gasteiger partial charge in [0.15, 0.2) is 11.6 Å². The summed E-state index contributed by atoms with van der Waals surface area (Å²) in [5.41, 5.74) is 5.10. The number of aromatic nitrogens is 5. The molecule has 5 rings (SSSR count). The Labute approximate surface area is 228 Å². The zero-order valence-corrected chi connectivity index (χ0v) is 22.4. The van der Waals surface area contributed by atoms with Crippen molar-refractivity contribution in [2.75, 3.05) is 5.32 Å². The number of imidazole rings is 1. The van der Waals surface area contributed by atoms with Crippen molar-refractivity contribution < 1.29 is 9.53 Å². The van der Waals surface area contributed by atoms with E-state index < -0.39 is 0 Å². The fourth-order valence-corrected chi connectivity index (χ4v) is 4.94. The third kappa shape index (κ3) is 5.03. The van der Waals surface area contributed by atoms with Gasteiger partial charge >= 0.3 is 5.69 Å². The Bertz CT molecular complexity index is 1680. The van der Waals surface area contributed by atoms with Crippen LogP contribution in [0.1, 0.15) is 17.0 Å². The van der Waals surface area contributed by atoms with Gasteiger partial charge in [0.25, 0.3) is 0 Å². The van der Waals surface area contributed by atoms with E-state index in [-0.39, 0.29) is 24.7 Å². The van der Waals surface area contributed by atoms with Crippen LogP contribution < -0.4 is 15.7 Å². The lowest BCUT2D eigenvalue weighted by atomic mass is 10.0. The maximum Gasteiger partial charge on any atom is 0.329 e. The average Bonchev–Trinajstić information content (AvgIpc) is 3.47. The number of nitrogens with zero attached hydrogens (tertiary/aromatic N) is 4. The normalized spacial score (nSPS) is 11.2. The molecule has 0 saturated carbocycles. The smallest absolute Gasteiger partial charge is 0.329 e. The summed E-state index contributed by atoms with van der Waals surface area (Å²) in [5.74, 6) is 0.548. The molecule has 0 radical (unpaired) electrons. The van der Waals surface area contributed by atoms with Gasteiger partial charge in [0, 0.05) is 18.3 Å². The van der Waals surface area contributed by atoms with Crippen molar-refractivity contribution in [3.05, 3.63) is 92.3 Å². The molecule has 11 heteroatoms. The van der Waals surface area contributed by atoms with E-state index in [1.54, 1.807) is 19.2 Å². The van der Waals surface area contributed by atoms with Crippen LogP contribution in [0, 0.1) is 13.8 Å². The Kier molecular flexibility index (Phi) is 6.96. The topological polar surface area (TPSA) is 107 Å². The third-order valence-corrected chi connectivity index (χ3v) is 6.70. The van der Waals surface area contributed by atoms with Gasteiger partial charge < -0.3 is 10.1 Å². The molecule has 38 heavy (non-hydrogen) atoms. The molecule has 0 spiro atoms. The Morgan fingerprint density at radius 1 is 1.05 bits per heavy atom. The number of carbonyl (C=O) groups is 1. The molecular weight excluding hydrogens is 527 g/mol. The van der Waals surface area contributed by atoms with E-state index in [4.69, 9.17) is 27.9 Å². The number of nitrogens with one attached hydrogen (secondary N) is 2. The first kappa shape index (κ1) is 25.6. The molecule has 0 aliphatic heterocycles. The van der Waals surface area contributed by atoms with Gasteiger partial charge in [0.1, 0.15) is 19.5 Å². The molecule has 0 atom stereocenters. The summed E-state index contributed by atoms with van der Waals surface area (Å²) < 4.78 is 8.75. The summed E-state index contributed by atoms with van der Waals surface area (Å²) in [5, 5.41) is 9.98. The molecule has 2 heterocycles. The van der Waals surface area contributed by atoms with E-state index in [2.05, 4.69) is 20.5 Å². The van der Waals surface area contributed by atoms with Gasteiger partial charge in [0.05, 0.1) is 21.1 Å². The number of rotatable bonds is 7. The number of aryl methyl sites for hydroxylation is 3. The number of H-pyrrole nitrogens is 1. The van der Waals surface area contributed by atoms with Crippen LogP contribution in [-0.4, -0.2) is 30.2 Å². The van der Waals surface area contributed by atoms with Crippen molar-refractivity contribution in [2.24, 2.45) is 7.05 Å².